The van der Waals surface area contributed by atoms with Crippen LogP contribution in [0.5, 0.6) is 5.75 Å². The molecule has 0 unspecified atom stereocenters. The highest BCUT2D eigenvalue weighted by molar-refractivity contribution is 9.10. The fourth-order valence-electron chi connectivity index (χ4n) is 1.46. The number of nitrogens with one attached hydrogen (secondary N) is 2. The molecule has 0 atom stereocenters. The zero-order valence-corrected chi connectivity index (χ0v) is 12.9. The number of Topliss-reactive ketones (excluding diaryl/α,β-unsaturated/α-hetero) is 1. The van der Waals surface area contributed by atoms with E-state index >= 15 is 0 Å². The molecular formula is C15H12BrN3O3. The molecule has 2 aromatic rings. The molecule has 0 aromatic heterocycles. The molecule has 0 aliphatic heterocycles. The summed E-state index contributed by atoms with van der Waals surface area (Å²) in [5.74, 6) is 0.150. The Bertz CT molecular complexity index is 672. The van der Waals surface area contributed by atoms with Crippen molar-refractivity contribution in [2.24, 2.45) is 5.10 Å². The molecule has 0 aliphatic carbocycles. The van der Waals surface area contributed by atoms with Crippen molar-refractivity contribution in [2.75, 3.05) is 0 Å². The Labute approximate surface area is 135 Å². The van der Waals surface area contributed by atoms with Crippen molar-refractivity contribution in [1.82, 2.24) is 10.9 Å². The highest BCUT2D eigenvalue weighted by Crippen LogP contribution is 2.15. The smallest absolute Gasteiger partial charge is 0.368 e. The van der Waals surface area contributed by atoms with Crippen LogP contribution in [-0.2, 0) is 0 Å². The van der Waals surface area contributed by atoms with Crippen LogP contribution in [0.3, 0.4) is 0 Å². The van der Waals surface area contributed by atoms with Crippen LogP contribution in [-0.4, -0.2) is 18.0 Å². The Morgan fingerprint density at radius 3 is 2.41 bits per heavy atom. The van der Waals surface area contributed by atoms with Crippen molar-refractivity contribution in [3.63, 3.8) is 0 Å². The van der Waals surface area contributed by atoms with Gasteiger partial charge in [-0.1, -0.05) is 46.3 Å². The first-order valence-electron chi connectivity index (χ1n) is 6.26. The van der Waals surface area contributed by atoms with E-state index in [9.17, 15) is 9.59 Å². The van der Waals surface area contributed by atoms with E-state index in [4.69, 9.17) is 4.84 Å². The summed E-state index contributed by atoms with van der Waals surface area (Å²) in [6.45, 7) is 0. The van der Waals surface area contributed by atoms with Gasteiger partial charge >= 0.3 is 6.03 Å². The SMILES string of the molecule is O=C(N/N=C/C(=O)c1ccccc1)NOc1ccc(Br)cc1. The largest absolute Gasteiger partial charge is 0.378 e. The van der Waals surface area contributed by atoms with Gasteiger partial charge in [0.15, 0.2) is 5.75 Å². The number of carbonyl (C=O) groups is 2. The summed E-state index contributed by atoms with van der Waals surface area (Å²) < 4.78 is 0.897. The van der Waals surface area contributed by atoms with Crippen molar-refractivity contribution in [2.45, 2.75) is 0 Å². The lowest BCUT2D eigenvalue weighted by atomic mass is 10.1. The van der Waals surface area contributed by atoms with Crippen molar-refractivity contribution in [1.29, 1.82) is 0 Å². The van der Waals surface area contributed by atoms with E-state index < -0.39 is 6.03 Å². The summed E-state index contributed by atoms with van der Waals surface area (Å²) in [5.41, 5.74) is 4.76. The van der Waals surface area contributed by atoms with Crippen LogP contribution in [0.2, 0.25) is 0 Å². The van der Waals surface area contributed by atoms with E-state index in [1.54, 1.807) is 54.6 Å². The number of benzene rings is 2. The minimum Gasteiger partial charge on any atom is -0.378 e. The van der Waals surface area contributed by atoms with Gasteiger partial charge in [-0.05, 0) is 24.3 Å². The van der Waals surface area contributed by atoms with E-state index in [1.165, 1.54) is 0 Å². The number of rotatable bonds is 5. The number of hydrogen-bond acceptors (Lipinski definition) is 4. The molecule has 7 heteroatoms. The van der Waals surface area contributed by atoms with Gasteiger partial charge in [-0.15, -0.1) is 0 Å². The third-order valence-corrected chi connectivity index (χ3v) is 3.01. The van der Waals surface area contributed by atoms with Crippen LogP contribution in [0.15, 0.2) is 64.2 Å². The molecule has 22 heavy (non-hydrogen) atoms. The maximum absolute atomic E-state index is 11.7. The minimum atomic E-state index is -0.694. The monoisotopic (exact) mass is 361 g/mol. The molecule has 0 bridgehead atoms. The second-order valence-corrected chi connectivity index (χ2v) is 5.00. The van der Waals surface area contributed by atoms with Gasteiger partial charge in [-0.3, -0.25) is 4.79 Å². The highest BCUT2D eigenvalue weighted by atomic mass is 79.9. The normalized spacial score (nSPS) is 10.2. The lowest BCUT2D eigenvalue weighted by Gasteiger charge is -2.05. The molecule has 0 heterocycles. The van der Waals surface area contributed by atoms with Gasteiger partial charge in [0.1, 0.15) is 0 Å². The Kier molecular flexibility index (Phi) is 5.67. The second-order valence-electron chi connectivity index (χ2n) is 4.09. The van der Waals surface area contributed by atoms with Crippen molar-refractivity contribution >= 4 is 34.0 Å². The van der Waals surface area contributed by atoms with Crippen LogP contribution in [0.25, 0.3) is 0 Å². The zero-order valence-electron chi connectivity index (χ0n) is 11.3. The Balaban J connectivity index is 1.76. The van der Waals surface area contributed by atoms with Gasteiger partial charge < -0.3 is 4.84 Å². The lowest BCUT2D eigenvalue weighted by Crippen LogP contribution is -2.35. The molecule has 2 N–H and O–H groups in total. The molecule has 0 fully saturated rings. The number of hydrazone groups is 1. The van der Waals surface area contributed by atoms with E-state index in [1.807, 2.05) is 0 Å². The Morgan fingerprint density at radius 1 is 1.05 bits per heavy atom. The number of hydroxylamine groups is 1. The van der Waals surface area contributed by atoms with Crippen LogP contribution < -0.4 is 15.7 Å². The first-order chi connectivity index (χ1) is 10.6. The average Bonchev–Trinajstić information content (AvgIpc) is 2.55. The van der Waals surface area contributed by atoms with Crippen molar-refractivity contribution < 1.29 is 14.4 Å². The molecule has 0 saturated heterocycles. The third-order valence-electron chi connectivity index (χ3n) is 2.48. The van der Waals surface area contributed by atoms with Gasteiger partial charge in [-0.2, -0.15) is 10.6 Å². The predicted molar refractivity (Wildman–Crippen MR) is 85.7 cm³/mol. The summed E-state index contributed by atoms with van der Waals surface area (Å²) in [7, 11) is 0. The van der Waals surface area contributed by atoms with Crippen LogP contribution in [0.4, 0.5) is 4.79 Å². The fourth-order valence-corrected chi connectivity index (χ4v) is 1.72. The average molecular weight is 362 g/mol. The molecule has 6 nitrogen and oxygen atoms in total. The molecule has 2 aromatic carbocycles. The summed E-state index contributed by atoms with van der Waals surface area (Å²) in [4.78, 5) is 28.1. The lowest BCUT2D eigenvalue weighted by molar-refractivity contribution is 0.107. The van der Waals surface area contributed by atoms with Crippen LogP contribution >= 0.6 is 15.9 Å². The zero-order chi connectivity index (χ0) is 15.8. The van der Waals surface area contributed by atoms with Gasteiger partial charge in [0.2, 0.25) is 5.78 Å². The summed E-state index contributed by atoms with van der Waals surface area (Å²) in [6.07, 6.45) is 1.02. The summed E-state index contributed by atoms with van der Waals surface area (Å²) >= 11 is 3.29. The maximum Gasteiger partial charge on any atom is 0.368 e. The number of urea groups is 1. The number of halogens is 1. The number of carbonyl (C=O) groups excluding carboxylic acids is 2. The van der Waals surface area contributed by atoms with E-state index in [-0.39, 0.29) is 5.78 Å². The molecule has 2 rings (SSSR count). The van der Waals surface area contributed by atoms with Gasteiger partial charge in [0.05, 0.1) is 6.21 Å². The molecule has 0 saturated carbocycles. The highest BCUT2D eigenvalue weighted by Gasteiger charge is 2.02. The number of hydrogen-bond donors (Lipinski definition) is 2. The van der Waals surface area contributed by atoms with Gasteiger partial charge in [0.25, 0.3) is 0 Å². The quantitative estimate of drug-likeness (QED) is 0.488. The Hall–Kier alpha value is -2.67. The topological polar surface area (TPSA) is 79.8 Å². The van der Waals surface area contributed by atoms with E-state index in [0.717, 1.165) is 10.7 Å². The summed E-state index contributed by atoms with van der Waals surface area (Å²) in [6, 6.07) is 14.8. The second kappa shape index (κ2) is 7.94. The van der Waals surface area contributed by atoms with Gasteiger partial charge in [0, 0.05) is 10.0 Å². The Morgan fingerprint density at radius 2 is 1.73 bits per heavy atom. The minimum absolute atomic E-state index is 0.310. The predicted octanol–water partition coefficient (Wildman–Crippen LogP) is 2.91. The maximum atomic E-state index is 11.7. The standard InChI is InChI=1S/C15H12BrN3O3/c16-12-6-8-13(9-7-12)22-19-15(21)18-17-10-14(20)11-4-2-1-3-5-11/h1-10H,(H2,18,19,21)/b17-10+. The molecule has 0 aliphatic rings. The molecule has 2 amide bonds. The number of nitrogens with zero attached hydrogens (tertiary/aromatic N) is 1. The van der Waals surface area contributed by atoms with E-state index in [0.29, 0.717) is 11.3 Å². The molecule has 0 spiro atoms. The van der Waals surface area contributed by atoms with E-state index in [2.05, 4.69) is 31.9 Å². The first-order valence-corrected chi connectivity index (χ1v) is 7.05. The molecular weight excluding hydrogens is 350 g/mol. The van der Waals surface area contributed by atoms with Crippen molar-refractivity contribution in [3.8, 4) is 5.75 Å². The first kappa shape index (κ1) is 15.7. The van der Waals surface area contributed by atoms with Crippen LogP contribution in [0.1, 0.15) is 10.4 Å². The molecule has 112 valence electrons. The fraction of sp³-hybridized carbons (Fsp3) is 0. The van der Waals surface area contributed by atoms with Gasteiger partial charge in [-0.25, -0.2) is 10.2 Å². The third kappa shape index (κ3) is 5.02. The summed E-state index contributed by atoms with van der Waals surface area (Å²) in [5, 5.41) is 3.55. The van der Waals surface area contributed by atoms with Crippen molar-refractivity contribution in [3.05, 3.63) is 64.6 Å². The molecule has 0 radical (unpaired) electrons. The van der Waals surface area contributed by atoms with Crippen LogP contribution in [0, 0.1) is 0 Å². The number of ketones is 1. The number of amides is 2.